The van der Waals surface area contributed by atoms with Gasteiger partial charge in [-0.25, -0.2) is 0 Å². The molecule has 0 aliphatic heterocycles. The van der Waals surface area contributed by atoms with E-state index in [2.05, 4.69) is 10.3 Å². The van der Waals surface area contributed by atoms with Crippen LogP contribution < -0.4 is 11.1 Å². The van der Waals surface area contributed by atoms with Gasteiger partial charge in [-0.3, -0.25) is 9.78 Å². The maximum absolute atomic E-state index is 11.3. The first-order chi connectivity index (χ1) is 8.58. The van der Waals surface area contributed by atoms with E-state index >= 15 is 0 Å². The molecule has 0 radical (unpaired) electrons. The molecule has 1 atom stereocenters. The first-order valence-electron chi connectivity index (χ1n) is 6.10. The van der Waals surface area contributed by atoms with Crippen molar-refractivity contribution in [2.75, 3.05) is 12.8 Å². The number of rotatable bonds is 8. The van der Waals surface area contributed by atoms with Crippen LogP contribution in [0, 0.1) is 0 Å². The maximum atomic E-state index is 11.3. The minimum absolute atomic E-state index is 0.285. The number of hydrogen-bond acceptors (Lipinski definition) is 4. The van der Waals surface area contributed by atoms with Gasteiger partial charge in [0.05, 0.1) is 5.54 Å². The number of nitrogens with two attached hydrogens (primary N) is 1. The van der Waals surface area contributed by atoms with Crippen LogP contribution in [0.2, 0.25) is 0 Å². The van der Waals surface area contributed by atoms with E-state index in [1.54, 1.807) is 19.4 Å². The molecule has 100 valence electrons. The van der Waals surface area contributed by atoms with Gasteiger partial charge < -0.3 is 11.1 Å². The van der Waals surface area contributed by atoms with Crippen LogP contribution in [-0.2, 0) is 4.79 Å². The van der Waals surface area contributed by atoms with Crippen LogP contribution in [0.4, 0.5) is 0 Å². The first-order valence-corrected chi connectivity index (χ1v) is 7.09. The molecule has 0 spiro atoms. The molecular formula is C13H21N3OS. The number of thioether (sulfide) groups is 1. The number of nitrogens with one attached hydrogen (secondary N) is 1. The van der Waals surface area contributed by atoms with E-state index in [4.69, 9.17) is 5.73 Å². The zero-order valence-electron chi connectivity index (χ0n) is 11.0. The van der Waals surface area contributed by atoms with Gasteiger partial charge in [0.1, 0.15) is 0 Å². The number of carbonyl (C=O) groups is 1. The van der Waals surface area contributed by atoms with Crippen LogP contribution in [0.1, 0.15) is 26.2 Å². The highest BCUT2D eigenvalue weighted by Gasteiger charge is 2.27. The fourth-order valence-corrected chi connectivity index (χ4v) is 2.47. The molecule has 1 aromatic heterocycles. The van der Waals surface area contributed by atoms with Crippen LogP contribution >= 0.6 is 11.8 Å². The van der Waals surface area contributed by atoms with Crippen molar-refractivity contribution in [1.29, 1.82) is 0 Å². The van der Waals surface area contributed by atoms with E-state index in [-0.39, 0.29) is 5.91 Å². The summed E-state index contributed by atoms with van der Waals surface area (Å²) >= 11 is 1.81. The maximum Gasteiger partial charge on any atom is 0.237 e. The topological polar surface area (TPSA) is 68.0 Å². The molecule has 1 rings (SSSR count). The fourth-order valence-electron chi connectivity index (χ4n) is 1.58. The largest absolute Gasteiger partial charge is 0.368 e. The van der Waals surface area contributed by atoms with Crippen LogP contribution in [-0.4, -0.2) is 29.2 Å². The van der Waals surface area contributed by atoms with Crippen molar-refractivity contribution in [3.05, 3.63) is 24.5 Å². The Morgan fingerprint density at radius 2 is 2.11 bits per heavy atom. The number of primary amides is 1. The number of hydrogen-bond donors (Lipinski definition) is 2. The predicted molar refractivity (Wildman–Crippen MR) is 75.5 cm³/mol. The number of amides is 1. The molecule has 18 heavy (non-hydrogen) atoms. The van der Waals surface area contributed by atoms with Gasteiger partial charge in [0.15, 0.2) is 0 Å². The normalized spacial score (nSPS) is 14.1. The summed E-state index contributed by atoms with van der Waals surface area (Å²) in [6.07, 6.45) is 6.42. The van der Waals surface area contributed by atoms with Crippen LogP contribution in [0.5, 0.6) is 0 Å². The summed E-state index contributed by atoms with van der Waals surface area (Å²) in [4.78, 5) is 16.5. The highest BCUT2D eigenvalue weighted by molar-refractivity contribution is 7.99. The van der Waals surface area contributed by atoms with Crippen molar-refractivity contribution in [3.63, 3.8) is 0 Å². The molecule has 0 fully saturated rings. The van der Waals surface area contributed by atoms with E-state index in [0.717, 1.165) is 25.0 Å². The van der Waals surface area contributed by atoms with Crippen molar-refractivity contribution >= 4 is 17.7 Å². The first kappa shape index (κ1) is 15.0. The lowest BCUT2D eigenvalue weighted by atomic mass is 9.94. The molecule has 1 unspecified atom stereocenters. The van der Waals surface area contributed by atoms with Crippen molar-refractivity contribution in [2.45, 2.75) is 36.6 Å². The van der Waals surface area contributed by atoms with Gasteiger partial charge >= 0.3 is 0 Å². The van der Waals surface area contributed by atoms with E-state index in [1.165, 1.54) is 4.90 Å². The Bertz CT molecular complexity index is 372. The monoisotopic (exact) mass is 267 g/mol. The Kier molecular flexibility index (Phi) is 6.15. The van der Waals surface area contributed by atoms with Crippen LogP contribution in [0.3, 0.4) is 0 Å². The number of aromatic nitrogens is 1. The molecule has 4 nitrogen and oxygen atoms in total. The summed E-state index contributed by atoms with van der Waals surface area (Å²) in [5, 5.41) is 3.00. The average molecular weight is 267 g/mol. The second-order valence-corrected chi connectivity index (χ2v) is 5.60. The van der Waals surface area contributed by atoms with Crippen molar-refractivity contribution in [2.24, 2.45) is 5.73 Å². The van der Waals surface area contributed by atoms with E-state index in [0.29, 0.717) is 0 Å². The lowest BCUT2D eigenvalue weighted by Gasteiger charge is -2.25. The quantitative estimate of drug-likeness (QED) is 0.557. The fraction of sp³-hybridized carbons (Fsp3) is 0.538. The number of pyridine rings is 1. The molecule has 0 saturated heterocycles. The summed E-state index contributed by atoms with van der Waals surface area (Å²) in [5.74, 6) is 0.759. The number of carbonyl (C=O) groups excluding carboxylic acids is 1. The Morgan fingerprint density at radius 1 is 1.44 bits per heavy atom. The average Bonchev–Trinajstić information content (AvgIpc) is 2.39. The minimum atomic E-state index is -0.582. The summed E-state index contributed by atoms with van der Waals surface area (Å²) < 4.78 is 0. The third-order valence-corrected chi connectivity index (χ3v) is 4.18. The van der Waals surface area contributed by atoms with E-state index in [9.17, 15) is 4.79 Å². The van der Waals surface area contributed by atoms with Crippen molar-refractivity contribution < 1.29 is 4.79 Å². The second kappa shape index (κ2) is 7.38. The third-order valence-electron chi connectivity index (χ3n) is 3.09. The zero-order chi connectivity index (χ0) is 13.4. The molecule has 0 bridgehead atoms. The molecular weight excluding hydrogens is 246 g/mol. The Balaban J connectivity index is 2.21. The molecule has 5 heteroatoms. The number of likely N-dealkylation sites (N-methyl/N-ethyl adjacent to an activating group) is 1. The van der Waals surface area contributed by atoms with Gasteiger partial charge in [0, 0.05) is 17.3 Å². The van der Waals surface area contributed by atoms with Crippen LogP contribution in [0.25, 0.3) is 0 Å². The molecule has 0 aliphatic rings. The van der Waals surface area contributed by atoms with E-state index < -0.39 is 5.54 Å². The van der Waals surface area contributed by atoms with Crippen LogP contribution in [0.15, 0.2) is 29.4 Å². The van der Waals surface area contributed by atoms with Gasteiger partial charge in [-0.1, -0.05) is 6.42 Å². The molecule has 1 heterocycles. The second-order valence-electron chi connectivity index (χ2n) is 4.43. The molecule has 1 aromatic rings. The minimum Gasteiger partial charge on any atom is -0.368 e. The Hall–Kier alpha value is -1.07. The summed E-state index contributed by atoms with van der Waals surface area (Å²) in [7, 11) is 1.77. The standard InChI is InChI=1S/C13H21N3OS/c1-13(15-2,12(14)17)7-3-4-10-18-11-5-8-16-9-6-11/h5-6,8-9,15H,3-4,7,10H2,1-2H3,(H2,14,17). The molecule has 1 amide bonds. The van der Waals surface area contributed by atoms with E-state index in [1.807, 2.05) is 30.8 Å². The lowest BCUT2D eigenvalue weighted by Crippen LogP contribution is -2.51. The van der Waals surface area contributed by atoms with Gasteiger partial charge in [-0.15, -0.1) is 11.8 Å². The summed E-state index contributed by atoms with van der Waals surface area (Å²) in [6, 6.07) is 4.01. The van der Waals surface area contributed by atoms with Gasteiger partial charge in [-0.2, -0.15) is 0 Å². The highest BCUT2D eigenvalue weighted by Crippen LogP contribution is 2.20. The SMILES string of the molecule is CNC(C)(CCCCSc1ccncc1)C(N)=O. The lowest BCUT2D eigenvalue weighted by molar-refractivity contribution is -0.123. The van der Waals surface area contributed by atoms with Gasteiger partial charge in [-0.05, 0) is 44.7 Å². The number of nitrogens with zero attached hydrogens (tertiary/aromatic N) is 1. The van der Waals surface area contributed by atoms with Crippen molar-refractivity contribution in [3.8, 4) is 0 Å². The Morgan fingerprint density at radius 3 is 2.67 bits per heavy atom. The summed E-state index contributed by atoms with van der Waals surface area (Å²) in [5.41, 5.74) is 4.79. The molecule has 0 aromatic carbocycles. The predicted octanol–water partition coefficient (Wildman–Crippen LogP) is 1.81. The molecule has 0 saturated carbocycles. The molecule has 0 aliphatic carbocycles. The third kappa shape index (κ3) is 4.66. The van der Waals surface area contributed by atoms with Gasteiger partial charge in [0.2, 0.25) is 5.91 Å². The number of unbranched alkanes of at least 4 members (excludes halogenated alkanes) is 1. The smallest absolute Gasteiger partial charge is 0.237 e. The summed E-state index contributed by atoms with van der Waals surface area (Å²) in [6.45, 7) is 1.85. The zero-order valence-corrected chi connectivity index (χ0v) is 11.8. The Labute approximate surface area is 113 Å². The molecule has 3 N–H and O–H groups in total. The van der Waals surface area contributed by atoms with Crippen molar-refractivity contribution in [1.82, 2.24) is 10.3 Å². The highest BCUT2D eigenvalue weighted by atomic mass is 32.2. The van der Waals surface area contributed by atoms with Gasteiger partial charge in [0.25, 0.3) is 0 Å².